The highest BCUT2D eigenvalue weighted by Crippen LogP contribution is 2.07. The van der Waals surface area contributed by atoms with Crippen molar-refractivity contribution in [3.63, 3.8) is 0 Å². The van der Waals surface area contributed by atoms with Crippen molar-refractivity contribution >= 4 is 11.9 Å². The summed E-state index contributed by atoms with van der Waals surface area (Å²) >= 11 is 0. The minimum atomic E-state index is -0.0796. The monoisotopic (exact) mass is 251 g/mol. The van der Waals surface area contributed by atoms with Crippen LogP contribution in [-0.4, -0.2) is 15.6 Å². The standard InChI is InChI=1S/C15H13N3O/c1-2-18-11-14(10-17-18)15(19)8-7-12-3-5-13(9-16)6-4-12/h3-8,10-11H,2H2,1H3/b8-7-. The summed E-state index contributed by atoms with van der Waals surface area (Å²) in [5.41, 5.74) is 2.06. The molecule has 0 saturated carbocycles. The smallest absolute Gasteiger partial charge is 0.189 e. The zero-order valence-electron chi connectivity index (χ0n) is 10.6. The fourth-order valence-electron chi connectivity index (χ4n) is 1.60. The Hall–Kier alpha value is -2.67. The van der Waals surface area contributed by atoms with Crippen LogP contribution in [0, 0.1) is 11.3 Å². The molecule has 0 fully saturated rings. The van der Waals surface area contributed by atoms with Crippen LogP contribution in [0.5, 0.6) is 0 Å². The molecule has 0 aliphatic carbocycles. The number of nitrogens with zero attached hydrogens (tertiary/aromatic N) is 3. The van der Waals surface area contributed by atoms with Crippen molar-refractivity contribution in [2.45, 2.75) is 13.5 Å². The third-order valence-electron chi connectivity index (χ3n) is 2.71. The van der Waals surface area contributed by atoms with E-state index in [1.165, 1.54) is 6.08 Å². The van der Waals surface area contributed by atoms with Crippen LogP contribution < -0.4 is 0 Å². The van der Waals surface area contributed by atoms with Crippen molar-refractivity contribution in [2.75, 3.05) is 0 Å². The second-order valence-electron chi connectivity index (χ2n) is 4.02. The topological polar surface area (TPSA) is 58.7 Å². The van der Waals surface area contributed by atoms with Gasteiger partial charge in [0.15, 0.2) is 5.78 Å². The summed E-state index contributed by atoms with van der Waals surface area (Å²) in [5, 5.41) is 12.7. The lowest BCUT2D eigenvalue weighted by atomic mass is 10.1. The summed E-state index contributed by atoms with van der Waals surface area (Å²) in [5.74, 6) is -0.0796. The quantitative estimate of drug-likeness (QED) is 0.620. The fraction of sp³-hybridized carbons (Fsp3) is 0.133. The maximum absolute atomic E-state index is 11.9. The highest BCUT2D eigenvalue weighted by molar-refractivity contribution is 6.06. The van der Waals surface area contributed by atoms with Gasteiger partial charge in [0, 0.05) is 12.7 Å². The predicted octanol–water partition coefficient (Wildman–Crippen LogP) is 2.67. The Balaban J connectivity index is 2.09. The average molecular weight is 251 g/mol. The van der Waals surface area contributed by atoms with E-state index in [1.807, 2.05) is 6.92 Å². The first-order valence-corrected chi connectivity index (χ1v) is 5.98. The van der Waals surface area contributed by atoms with Gasteiger partial charge in [0.05, 0.1) is 23.4 Å². The number of aryl methyl sites for hydroxylation is 1. The molecule has 1 aromatic heterocycles. The van der Waals surface area contributed by atoms with Crippen molar-refractivity contribution in [1.82, 2.24) is 9.78 Å². The lowest BCUT2D eigenvalue weighted by Gasteiger charge is -1.93. The molecule has 0 saturated heterocycles. The van der Waals surface area contributed by atoms with Crippen LogP contribution in [0.25, 0.3) is 6.08 Å². The lowest BCUT2D eigenvalue weighted by Crippen LogP contribution is -1.94. The van der Waals surface area contributed by atoms with Crippen molar-refractivity contribution in [2.24, 2.45) is 0 Å². The molecule has 0 aliphatic rings. The van der Waals surface area contributed by atoms with Gasteiger partial charge in [-0.05, 0) is 30.7 Å². The van der Waals surface area contributed by atoms with E-state index in [2.05, 4.69) is 11.2 Å². The largest absolute Gasteiger partial charge is 0.289 e. The molecule has 0 atom stereocenters. The van der Waals surface area contributed by atoms with Gasteiger partial charge >= 0.3 is 0 Å². The van der Waals surface area contributed by atoms with Gasteiger partial charge in [-0.2, -0.15) is 10.4 Å². The summed E-state index contributed by atoms with van der Waals surface area (Å²) in [7, 11) is 0. The summed E-state index contributed by atoms with van der Waals surface area (Å²) in [6.07, 6.45) is 6.53. The van der Waals surface area contributed by atoms with Crippen LogP contribution in [-0.2, 0) is 6.54 Å². The average Bonchev–Trinajstić information content (AvgIpc) is 2.94. The Kier molecular flexibility index (Phi) is 3.89. The van der Waals surface area contributed by atoms with E-state index in [9.17, 15) is 4.79 Å². The molecule has 4 heteroatoms. The number of benzene rings is 1. The van der Waals surface area contributed by atoms with Crippen LogP contribution in [0.4, 0.5) is 0 Å². The van der Waals surface area contributed by atoms with E-state index >= 15 is 0 Å². The summed E-state index contributed by atoms with van der Waals surface area (Å²) in [6, 6.07) is 9.10. The number of nitriles is 1. The second kappa shape index (κ2) is 5.78. The highest BCUT2D eigenvalue weighted by Gasteiger charge is 2.04. The first-order valence-electron chi connectivity index (χ1n) is 5.98. The van der Waals surface area contributed by atoms with Crippen LogP contribution in [0.2, 0.25) is 0 Å². The zero-order chi connectivity index (χ0) is 13.7. The van der Waals surface area contributed by atoms with Crippen LogP contribution in [0.1, 0.15) is 28.4 Å². The predicted molar refractivity (Wildman–Crippen MR) is 72.4 cm³/mol. The maximum Gasteiger partial charge on any atom is 0.189 e. The lowest BCUT2D eigenvalue weighted by molar-refractivity contribution is 0.104. The molecule has 2 aromatic rings. The molecule has 4 nitrogen and oxygen atoms in total. The van der Waals surface area contributed by atoms with Gasteiger partial charge in [0.25, 0.3) is 0 Å². The van der Waals surface area contributed by atoms with E-state index in [0.717, 1.165) is 12.1 Å². The Bertz CT molecular complexity index is 645. The number of hydrogen-bond donors (Lipinski definition) is 0. The van der Waals surface area contributed by atoms with E-state index in [1.54, 1.807) is 47.4 Å². The van der Waals surface area contributed by atoms with Gasteiger partial charge in [-0.15, -0.1) is 0 Å². The third-order valence-corrected chi connectivity index (χ3v) is 2.71. The molecule has 0 N–H and O–H groups in total. The van der Waals surface area contributed by atoms with Gasteiger partial charge in [-0.3, -0.25) is 9.48 Å². The molecule has 0 aliphatic heterocycles. The number of hydrogen-bond acceptors (Lipinski definition) is 3. The second-order valence-corrected chi connectivity index (χ2v) is 4.02. The van der Waals surface area contributed by atoms with Crippen LogP contribution in [0.15, 0.2) is 42.7 Å². The number of rotatable bonds is 4. The van der Waals surface area contributed by atoms with Crippen molar-refractivity contribution in [3.05, 3.63) is 59.4 Å². The Morgan fingerprint density at radius 1 is 1.42 bits per heavy atom. The number of allylic oxidation sites excluding steroid dienone is 1. The van der Waals surface area contributed by atoms with E-state index in [-0.39, 0.29) is 5.78 Å². The number of carbonyl (C=O) groups is 1. The number of carbonyl (C=O) groups excluding carboxylic acids is 1. The third kappa shape index (κ3) is 3.17. The van der Waals surface area contributed by atoms with Gasteiger partial charge in [-0.25, -0.2) is 0 Å². The van der Waals surface area contributed by atoms with E-state index in [0.29, 0.717) is 11.1 Å². The molecule has 0 radical (unpaired) electrons. The van der Waals surface area contributed by atoms with Crippen molar-refractivity contribution < 1.29 is 4.79 Å². The Labute approximate surface area is 111 Å². The molecular formula is C15H13N3O. The van der Waals surface area contributed by atoms with Crippen molar-refractivity contribution in [3.8, 4) is 6.07 Å². The summed E-state index contributed by atoms with van der Waals surface area (Å²) in [4.78, 5) is 11.9. The zero-order valence-corrected chi connectivity index (χ0v) is 10.6. The summed E-state index contributed by atoms with van der Waals surface area (Å²) < 4.78 is 1.71. The molecule has 19 heavy (non-hydrogen) atoms. The molecule has 0 bridgehead atoms. The van der Waals surface area contributed by atoms with Crippen LogP contribution in [0.3, 0.4) is 0 Å². The Morgan fingerprint density at radius 3 is 2.74 bits per heavy atom. The first kappa shape index (κ1) is 12.8. The minimum Gasteiger partial charge on any atom is -0.289 e. The first-order chi connectivity index (χ1) is 9.22. The molecular weight excluding hydrogens is 238 g/mol. The maximum atomic E-state index is 11.9. The molecule has 1 aromatic carbocycles. The molecule has 94 valence electrons. The molecule has 0 amide bonds. The van der Waals surface area contributed by atoms with Crippen LogP contribution >= 0.6 is 0 Å². The number of aromatic nitrogens is 2. The van der Waals surface area contributed by atoms with Gasteiger partial charge in [0.2, 0.25) is 0 Å². The number of ketones is 1. The molecule has 1 heterocycles. The molecule has 2 rings (SSSR count). The SMILES string of the molecule is CCn1cc(C(=O)/C=C\c2ccc(C#N)cc2)cn1. The normalized spacial score (nSPS) is 10.5. The van der Waals surface area contributed by atoms with Gasteiger partial charge in [-0.1, -0.05) is 18.2 Å². The van der Waals surface area contributed by atoms with E-state index in [4.69, 9.17) is 5.26 Å². The fourth-order valence-corrected chi connectivity index (χ4v) is 1.60. The molecule has 0 unspecified atom stereocenters. The Morgan fingerprint density at radius 2 is 2.16 bits per heavy atom. The van der Waals surface area contributed by atoms with Gasteiger partial charge in [0.1, 0.15) is 0 Å². The molecule has 0 spiro atoms. The highest BCUT2D eigenvalue weighted by atomic mass is 16.1. The van der Waals surface area contributed by atoms with Crippen molar-refractivity contribution in [1.29, 1.82) is 5.26 Å². The minimum absolute atomic E-state index is 0.0796. The van der Waals surface area contributed by atoms with Gasteiger partial charge < -0.3 is 0 Å². The summed E-state index contributed by atoms with van der Waals surface area (Å²) in [6.45, 7) is 2.71. The van der Waals surface area contributed by atoms with E-state index < -0.39 is 0 Å².